The molecular weight excluding hydrogens is 164 g/mol. The molecule has 1 rings (SSSR count). The minimum absolute atomic E-state index is 0.271. The van der Waals surface area contributed by atoms with E-state index in [0.29, 0.717) is 11.3 Å². The van der Waals surface area contributed by atoms with Gasteiger partial charge in [-0.1, -0.05) is 20.8 Å². The minimum Gasteiger partial charge on any atom is -0.351 e. The summed E-state index contributed by atoms with van der Waals surface area (Å²) in [6.45, 7) is 8.48. The molecule has 1 heterocycles. The van der Waals surface area contributed by atoms with Crippen LogP contribution in [0, 0.1) is 11.3 Å². The van der Waals surface area contributed by atoms with E-state index in [2.05, 4.69) is 20.8 Å². The zero-order chi connectivity index (χ0) is 10.1. The van der Waals surface area contributed by atoms with Gasteiger partial charge in [0.1, 0.15) is 0 Å². The third-order valence-corrected chi connectivity index (χ3v) is 2.57. The van der Waals surface area contributed by atoms with Gasteiger partial charge in [0.15, 0.2) is 0 Å². The number of hydrogen-bond acceptors (Lipinski definition) is 1. The van der Waals surface area contributed by atoms with Crippen LogP contribution in [-0.4, -0.2) is 24.0 Å². The van der Waals surface area contributed by atoms with Gasteiger partial charge in [-0.25, -0.2) is 4.79 Å². The van der Waals surface area contributed by atoms with E-state index in [0.717, 1.165) is 13.1 Å². The molecular formula is C10H20N2O. The van der Waals surface area contributed by atoms with Crippen molar-refractivity contribution in [1.82, 2.24) is 4.90 Å². The van der Waals surface area contributed by atoms with E-state index in [1.807, 2.05) is 0 Å². The Kier molecular flexibility index (Phi) is 2.84. The molecule has 1 fully saturated rings. The molecule has 13 heavy (non-hydrogen) atoms. The summed E-state index contributed by atoms with van der Waals surface area (Å²) in [6.07, 6.45) is 2.44. The summed E-state index contributed by atoms with van der Waals surface area (Å²) < 4.78 is 0. The molecule has 0 aromatic rings. The number of likely N-dealkylation sites (tertiary alicyclic amines) is 1. The maximum absolute atomic E-state index is 10.7. The summed E-state index contributed by atoms with van der Waals surface area (Å²) in [7, 11) is 0. The third-order valence-electron chi connectivity index (χ3n) is 2.57. The summed E-state index contributed by atoms with van der Waals surface area (Å²) >= 11 is 0. The average Bonchev–Trinajstić information content (AvgIpc) is 1.79. The zero-order valence-corrected chi connectivity index (χ0v) is 8.84. The molecule has 3 nitrogen and oxygen atoms in total. The van der Waals surface area contributed by atoms with Crippen molar-refractivity contribution in [3.05, 3.63) is 0 Å². The van der Waals surface area contributed by atoms with Gasteiger partial charge < -0.3 is 10.6 Å². The lowest BCUT2D eigenvalue weighted by molar-refractivity contribution is 0.114. The van der Waals surface area contributed by atoms with Gasteiger partial charge in [0, 0.05) is 13.1 Å². The molecule has 0 radical (unpaired) electrons. The Bertz CT molecular complexity index is 190. The molecule has 0 aromatic carbocycles. The van der Waals surface area contributed by atoms with Crippen molar-refractivity contribution in [3.63, 3.8) is 0 Å². The molecule has 2 N–H and O–H groups in total. The molecule has 0 aliphatic carbocycles. The molecule has 2 amide bonds. The molecule has 0 atom stereocenters. The van der Waals surface area contributed by atoms with Crippen molar-refractivity contribution in [2.45, 2.75) is 33.6 Å². The van der Waals surface area contributed by atoms with Gasteiger partial charge in [0.05, 0.1) is 0 Å². The first kappa shape index (κ1) is 10.4. The molecule has 0 spiro atoms. The first-order valence-corrected chi connectivity index (χ1v) is 4.93. The second kappa shape index (κ2) is 3.56. The molecule has 0 unspecified atom stereocenters. The Morgan fingerprint density at radius 1 is 1.46 bits per heavy atom. The summed E-state index contributed by atoms with van der Waals surface area (Å²) in [5.41, 5.74) is 5.54. The van der Waals surface area contributed by atoms with Crippen molar-refractivity contribution in [2.75, 3.05) is 13.1 Å². The van der Waals surface area contributed by atoms with Gasteiger partial charge in [-0.05, 0) is 24.2 Å². The smallest absolute Gasteiger partial charge is 0.314 e. The Morgan fingerprint density at radius 3 is 2.38 bits per heavy atom. The normalized spacial score (nSPS) is 18.5. The minimum atomic E-state index is -0.271. The largest absolute Gasteiger partial charge is 0.351 e. The standard InChI is InChI=1S/C10H20N2O/c1-10(2,3)5-4-8-6-12(7-8)9(11)13/h8H,4-7H2,1-3H3,(H2,11,13). The van der Waals surface area contributed by atoms with Crippen LogP contribution in [0.3, 0.4) is 0 Å². The van der Waals surface area contributed by atoms with Gasteiger partial charge in [-0.2, -0.15) is 0 Å². The highest BCUT2D eigenvalue weighted by Crippen LogP contribution is 2.27. The molecule has 3 heteroatoms. The van der Waals surface area contributed by atoms with Crippen LogP contribution in [0.5, 0.6) is 0 Å². The summed E-state index contributed by atoms with van der Waals surface area (Å²) in [5.74, 6) is 0.687. The first-order chi connectivity index (χ1) is 5.88. The van der Waals surface area contributed by atoms with Crippen LogP contribution in [0.15, 0.2) is 0 Å². The van der Waals surface area contributed by atoms with Crippen LogP contribution in [-0.2, 0) is 0 Å². The average molecular weight is 184 g/mol. The predicted octanol–water partition coefficient (Wildman–Crippen LogP) is 1.82. The van der Waals surface area contributed by atoms with Crippen LogP contribution >= 0.6 is 0 Å². The van der Waals surface area contributed by atoms with Crippen LogP contribution in [0.4, 0.5) is 4.79 Å². The monoisotopic (exact) mass is 184 g/mol. The quantitative estimate of drug-likeness (QED) is 0.699. The maximum Gasteiger partial charge on any atom is 0.314 e. The number of urea groups is 1. The van der Waals surface area contributed by atoms with Crippen molar-refractivity contribution >= 4 is 6.03 Å². The lowest BCUT2D eigenvalue weighted by Crippen LogP contribution is -2.52. The van der Waals surface area contributed by atoms with Crippen LogP contribution in [0.25, 0.3) is 0 Å². The van der Waals surface area contributed by atoms with E-state index in [-0.39, 0.29) is 6.03 Å². The van der Waals surface area contributed by atoms with Crippen LogP contribution in [0.2, 0.25) is 0 Å². The Morgan fingerprint density at radius 2 is 2.00 bits per heavy atom. The number of carbonyl (C=O) groups is 1. The number of rotatable bonds is 2. The lowest BCUT2D eigenvalue weighted by Gasteiger charge is -2.39. The molecule has 1 aliphatic heterocycles. The molecule has 76 valence electrons. The lowest BCUT2D eigenvalue weighted by atomic mass is 9.84. The van der Waals surface area contributed by atoms with Gasteiger partial charge in [0.25, 0.3) is 0 Å². The van der Waals surface area contributed by atoms with Gasteiger partial charge in [-0.15, -0.1) is 0 Å². The number of amides is 2. The highest BCUT2D eigenvalue weighted by Gasteiger charge is 2.29. The number of carbonyl (C=O) groups excluding carboxylic acids is 1. The van der Waals surface area contributed by atoms with Crippen molar-refractivity contribution in [3.8, 4) is 0 Å². The van der Waals surface area contributed by atoms with Crippen molar-refractivity contribution in [1.29, 1.82) is 0 Å². The first-order valence-electron chi connectivity index (χ1n) is 4.93. The fourth-order valence-electron chi connectivity index (χ4n) is 1.57. The predicted molar refractivity (Wildman–Crippen MR) is 53.3 cm³/mol. The fourth-order valence-corrected chi connectivity index (χ4v) is 1.57. The second-order valence-corrected chi connectivity index (χ2v) is 5.21. The highest BCUT2D eigenvalue weighted by atomic mass is 16.2. The van der Waals surface area contributed by atoms with E-state index in [4.69, 9.17) is 5.73 Å². The molecule has 0 bridgehead atoms. The van der Waals surface area contributed by atoms with Gasteiger partial charge in [0.2, 0.25) is 0 Å². The number of primary amides is 1. The molecule has 0 saturated carbocycles. The zero-order valence-electron chi connectivity index (χ0n) is 8.84. The maximum atomic E-state index is 10.7. The van der Waals surface area contributed by atoms with E-state index in [9.17, 15) is 4.79 Å². The molecule has 1 aliphatic rings. The summed E-state index contributed by atoms with van der Waals surface area (Å²) in [4.78, 5) is 12.4. The van der Waals surface area contributed by atoms with Crippen LogP contribution < -0.4 is 5.73 Å². The van der Waals surface area contributed by atoms with E-state index in [1.54, 1.807) is 4.90 Å². The van der Waals surface area contributed by atoms with Gasteiger partial charge in [-0.3, -0.25) is 0 Å². The Balaban J connectivity index is 2.12. The van der Waals surface area contributed by atoms with Crippen molar-refractivity contribution in [2.24, 2.45) is 17.1 Å². The Hall–Kier alpha value is -0.730. The van der Waals surface area contributed by atoms with Gasteiger partial charge >= 0.3 is 6.03 Å². The van der Waals surface area contributed by atoms with Crippen molar-refractivity contribution < 1.29 is 4.79 Å². The summed E-state index contributed by atoms with van der Waals surface area (Å²) in [5, 5.41) is 0. The van der Waals surface area contributed by atoms with E-state index < -0.39 is 0 Å². The molecule has 1 saturated heterocycles. The number of hydrogen-bond donors (Lipinski definition) is 1. The molecule has 0 aromatic heterocycles. The summed E-state index contributed by atoms with van der Waals surface area (Å²) in [6, 6.07) is -0.271. The second-order valence-electron chi connectivity index (χ2n) is 5.21. The number of nitrogens with two attached hydrogens (primary N) is 1. The number of nitrogens with zero attached hydrogens (tertiary/aromatic N) is 1. The third kappa shape index (κ3) is 3.25. The van der Waals surface area contributed by atoms with E-state index >= 15 is 0 Å². The topological polar surface area (TPSA) is 46.3 Å². The fraction of sp³-hybridized carbons (Fsp3) is 0.900. The van der Waals surface area contributed by atoms with E-state index in [1.165, 1.54) is 12.8 Å². The highest BCUT2D eigenvalue weighted by molar-refractivity contribution is 5.72. The SMILES string of the molecule is CC(C)(C)CCC1CN(C(N)=O)C1. The Labute approximate surface area is 80.3 Å². The van der Waals surface area contributed by atoms with Crippen LogP contribution in [0.1, 0.15) is 33.6 Å².